The summed E-state index contributed by atoms with van der Waals surface area (Å²) in [6, 6.07) is 8.94. The molecule has 2 atom stereocenters. The summed E-state index contributed by atoms with van der Waals surface area (Å²) in [5.41, 5.74) is 2.22. The van der Waals surface area contributed by atoms with Gasteiger partial charge in [-0.05, 0) is 42.9 Å². The molecule has 1 aliphatic heterocycles. The molecule has 100 valence electrons. The molecule has 0 saturated carbocycles. The summed E-state index contributed by atoms with van der Waals surface area (Å²) < 4.78 is 1.77. The van der Waals surface area contributed by atoms with E-state index in [4.69, 9.17) is 0 Å². The third-order valence-electron chi connectivity index (χ3n) is 3.51. The lowest BCUT2D eigenvalue weighted by molar-refractivity contribution is 0.617. The first-order valence-corrected chi connectivity index (χ1v) is 7.71. The van der Waals surface area contributed by atoms with Crippen LogP contribution in [0.15, 0.2) is 36.9 Å². The molecule has 2 heterocycles. The van der Waals surface area contributed by atoms with Gasteiger partial charge in [0.1, 0.15) is 12.7 Å². The van der Waals surface area contributed by atoms with Crippen molar-refractivity contribution in [3.63, 3.8) is 0 Å². The van der Waals surface area contributed by atoms with Gasteiger partial charge in [-0.15, -0.1) is 0 Å². The molecular weight excluding hydrogens is 256 g/mol. The first kappa shape index (κ1) is 12.5. The molecule has 0 radical (unpaired) electrons. The van der Waals surface area contributed by atoms with E-state index >= 15 is 0 Å². The minimum absolute atomic E-state index is 0.580. The zero-order chi connectivity index (χ0) is 13.1. The SMILES string of the molecule is CC1SCCCC1Nc1ccc(-n2cncn2)cc1. The largest absolute Gasteiger partial charge is 0.381 e. The summed E-state index contributed by atoms with van der Waals surface area (Å²) in [6.07, 6.45) is 5.83. The van der Waals surface area contributed by atoms with Crippen molar-refractivity contribution in [2.45, 2.75) is 31.1 Å². The summed E-state index contributed by atoms with van der Waals surface area (Å²) >= 11 is 2.06. The van der Waals surface area contributed by atoms with Crippen LogP contribution in [0.2, 0.25) is 0 Å². The number of nitrogens with one attached hydrogen (secondary N) is 1. The first-order valence-electron chi connectivity index (χ1n) is 6.66. The highest BCUT2D eigenvalue weighted by Gasteiger charge is 2.21. The number of hydrogen-bond acceptors (Lipinski definition) is 4. The molecule has 1 aromatic heterocycles. The monoisotopic (exact) mass is 274 g/mol. The Morgan fingerprint density at radius 2 is 2.16 bits per heavy atom. The highest BCUT2D eigenvalue weighted by atomic mass is 32.2. The van der Waals surface area contributed by atoms with Crippen LogP contribution < -0.4 is 5.32 Å². The fourth-order valence-corrected chi connectivity index (χ4v) is 3.52. The fraction of sp³-hybridized carbons (Fsp3) is 0.429. The Balaban J connectivity index is 1.69. The highest BCUT2D eigenvalue weighted by molar-refractivity contribution is 8.00. The predicted octanol–water partition coefficient (Wildman–Crippen LogP) is 2.96. The number of aromatic nitrogens is 3. The van der Waals surface area contributed by atoms with Gasteiger partial charge in [-0.1, -0.05) is 6.92 Å². The maximum absolute atomic E-state index is 4.13. The summed E-state index contributed by atoms with van der Waals surface area (Å²) in [4.78, 5) is 3.96. The molecule has 2 unspecified atom stereocenters. The van der Waals surface area contributed by atoms with E-state index in [2.05, 4.69) is 58.4 Å². The Hall–Kier alpha value is -1.49. The van der Waals surface area contributed by atoms with Crippen LogP contribution in [0.1, 0.15) is 19.8 Å². The van der Waals surface area contributed by atoms with Gasteiger partial charge >= 0.3 is 0 Å². The van der Waals surface area contributed by atoms with E-state index in [0.29, 0.717) is 11.3 Å². The molecule has 0 aliphatic carbocycles. The molecule has 1 aromatic carbocycles. The average molecular weight is 274 g/mol. The number of benzene rings is 1. The van der Waals surface area contributed by atoms with Crippen LogP contribution in [-0.4, -0.2) is 31.8 Å². The Morgan fingerprint density at radius 1 is 1.32 bits per heavy atom. The number of rotatable bonds is 3. The minimum Gasteiger partial charge on any atom is -0.381 e. The van der Waals surface area contributed by atoms with Crippen molar-refractivity contribution >= 4 is 17.4 Å². The maximum atomic E-state index is 4.13. The van der Waals surface area contributed by atoms with Crippen molar-refractivity contribution in [2.75, 3.05) is 11.1 Å². The van der Waals surface area contributed by atoms with Gasteiger partial charge in [-0.3, -0.25) is 0 Å². The quantitative estimate of drug-likeness (QED) is 0.934. The second-order valence-electron chi connectivity index (χ2n) is 4.86. The highest BCUT2D eigenvalue weighted by Crippen LogP contribution is 2.27. The van der Waals surface area contributed by atoms with E-state index in [-0.39, 0.29) is 0 Å². The van der Waals surface area contributed by atoms with Crippen molar-refractivity contribution in [3.8, 4) is 5.69 Å². The Morgan fingerprint density at radius 3 is 2.84 bits per heavy atom. The number of anilines is 1. The van der Waals surface area contributed by atoms with E-state index in [0.717, 1.165) is 5.69 Å². The average Bonchev–Trinajstić information content (AvgIpc) is 2.96. The van der Waals surface area contributed by atoms with Crippen LogP contribution in [0, 0.1) is 0 Å². The van der Waals surface area contributed by atoms with E-state index < -0.39 is 0 Å². The van der Waals surface area contributed by atoms with Gasteiger partial charge in [0.05, 0.1) is 5.69 Å². The molecule has 1 saturated heterocycles. The molecule has 0 spiro atoms. The Labute approximate surface area is 117 Å². The summed E-state index contributed by atoms with van der Waals surface area (Å²) in [5, 5.41) is 8.45. The normalized spacial score (nSPS) is 23.2. The molecule has 2 aromatic rings. The third kappa shape index (κ3) is 2.92. The number of nitrogens with zero attached hydrogens (tertiary/aromatic N) is 3. The van der Waals surface area contributed by atoms with E-state index in [9.17, 15) is 0 Å². The van der Waals surface area contributed by atoms with Crippen LogP contribution in [0.4, 0.5) is 5.69 Å². The topological polar surface area (TPSA) is 42.7 Å². The zero-order valence-electron chi connectivity index (χ0n) is 11.0. The predicted molar refractivity (Wildman–Crippen MR) is 79.9 cm³/mol. The van der Waals surface area contributed by atoms with Gasteiger partial charge in [0.25, 0.3) is 0 Å². The zero-order valence-corrected chi connectivity index (χ0v) is 11.8. The van der Waals surface area contributed by atoms with Crippen molar-refractivity contribution < 1.29 is 0 Å². The lowest BCUT2D eigenvalue weighted by Gasteiger charge is -2.30. The van der Waals surface area contributed by atoms with Gasteiger partial charge in [0.2, 0.25) is 0 Å². The van der Waals surface area contributed by atoms with Gasteiger partial charge in [-0.2, -0.15) is 16.9 Å². The molecule has 19 heavy (non-hydrogen) atoms. The van der Waals surface area contributed by atoms with Crippen molar-refractivity contribution in [3.05, 3.63) is 36.9 Å². The molecule has 1 aliphatic rings. The minimum atomic E-state index is 0.580. The molecule has 0 amide bonds. The van der Waals surface area contributed by atoms with Gasteiger partial charge in [0.15, 0.2) is 0 Å². The van der Waals surface area contributed by atoms with Crippen molar-refractivity contribution in [1.29, 1.82) is 0 Å². The smallest absolute Gasteiger partial charge is 0.138 e. The van der Waals surface area contributed by atoms with E-state index in [1.54, 1.807) is 17.3 Å². The van der Waals surface area contributed by atoms with Crippen LogP contribution >= 0.6 is 11.8 Å². The van der Waals surface area contributed by atoms with E-state index in [1.807, 2.05) is 0 Å². The van der Waals surface area contributed by atoms with Crippen molar-refractivity contribution in [2.24, 2.45) is 0 Å². The Kier molecular flexibility index (Phi) is 3.73. The van der Waals surface area contributed by atoms with Crippen molar-refractivity contribution in [1.82, 2.24) is 14.8 Å². The fourth-order valence-electron chi connectivity index (χ4n) is 2.38. The van der Waals surface area contributed by atoms with Crippen LogP contribution in [-0.2, 0) is 0 Å². The van der Waals surface area contributed by atoms with Crippen LogP contribution in [0.25, 0.3) is 5.69 Å². The molecular formula is C14H18N4S. The number of thioether (sulfide) groups is 1. The number of hydrogen-bond donors (Lipinski definition) is 1. The summed E-state index contributed by atoms with van der Waals surface area (Å²) in [5.74, 6) is 1.30. The molecule has 4 nitrogen and oxygen atoms in total. The molecule has 1 fully saturated rings. The standard InChI is InChI=1S/C14H18N4S/c1-11-14(3-2-8-19-11)17-12-4-6-13(7-5-12)18-10-15-9-16-18/h4-7,9-11,14,17H,2-3,8H2,1H3. The summed E-state index contributed by atoms with van der Waals surface area (Å²) in [6.45, 7) is 2.31. The first-order chi connectivity index (χ1) is 9.33. The maximum Gasteiger partial charge on any atom is 0.138 e. The molecule has 0 bridgehead atoms. The second kappa shape index (κ2) is 5.65. The molecule has 3 rings (SSSR count). The van der Waals surface area contributed by atoms with E-state index in [1.165, 1.54) is 24.3 Å². The van der Waals surface area contributed by atoms with Gasteiger partial charge in [-0.25, -0.2) is 9.67 Å². The lowest BCUT2D eigenvalue weighted by atomic mass is 10.1. The van der Waals surface area contributed by atoms with Gasteiger partial charge in [0, 0.05) is 17.0 Å². The third-order valence-corrected chi connectivity index (χ3v) is 4.89. The second-order valence-corrected chi connectivity index (χ2v) is 6.34. The molecule has 1 N–H and O–H groups in total. The van der Waals surface area contributed by atoms with Gasteiger partial charge < -0.3 is 5.32 Å². The van der Waals surface area contributed by atoms with Crippen LogP contribution in [0.3, 0.4) is 0 Å². The van der Waals surface area contributed by atoms with Crippen LogP contribution in [0.5, 0.6) is 0 Å². The molecule has 5 heteroatoms. The Bertz CT molecular complexity index is 509. The lowest BCUT2D eigenvalue weighted by Crippen LogP contribution is -2.32. The summed E-state index contributed by atoms with van der Waals surface area (Å²) in [7, 11) is 0.